The van der Waals surface area contributed by atoms with Crippen molar-refractivity contribution >= 4 is 23.2 Å². The Balaban J connectivity index is 3.58. The van der Waals surface area contributed by atoms with Crippen LogP contribution in [0, 0.1) is 0 Å². The van der Waals surface area contributed by atoms with Crippen molar-refractivity contribution in [3.63, 3.8) is 0 Å². The van der Waals surface area contributed by atoms with Crippen molar-refractivity contribution in [2.75, 3.05) is 11.5 Å². The number of hydrogen-bond donors (Lipinski definition) is 4. The third kappa shape index (κ3) is 1.45. The van der Waals surface area contributed by atoms with E-state index in [-0.39, 0.29) is 22.5 Å². The van der Waals surface area contributed by atoms with Crippen LogP contribution in [0.5, 0.6) is 0 Å². The Labute approximate surface area is 79.8 Å². The zero-order valence-corrected chi connectivity index (χ0v) is 7.28. The molecule has 0 spiro atoms. The highest BCUT2D eigenvalue weighted by molar-refractivity contribution is 6.12. The van der Waals surface area contributed by atoms with Crippen LogP contribution in [0.1, 0.15) is 20.7 Å². The van der Waals surface area contributed by atoms with Gasteiger partial charge in [-0.05, 0) is 12.1 Å². The molecule has 1 aromatic carbocycles. The van der Waals surface area contributed by atoms with Crippen LogP contribution in [0.15, 0.2) is 12.1 Å². The number of benzene rings is 1. The van der Waals surface area contributed by atoms with Crippen molar-refractivity contribution < 1.29 is 9.59 Å². The van der Waals surface area contributed by atoms with Gasteiger partial charge in [-0.1, -0.05) is 0 Å². The van der Waals surface area contributed by atoms with E-state index < -0.39 is 11.8 Å². The SMILES string of the molecule is NC(=O)c1c(N)ccc(N)c1C(N)=O. The van der Waals surface area contributed by atoms with Gasteiger partial charge in [0.05, 0.1) is 11.1 Å². The molecule has 2 amide bonds. The van der Waals surface area contributed by atoms with E-state index in [0.29, 0.717) is 0 Å². The van der Waals surface area contributed by atoms with E-state index in [2.05, 4.69) is 0 Å². The molecule has 0 aliphatic heterocycles. The molecule has 0 aliphatic carbocycles. The summed E-state index contributed by atoms with van der Waals surface area (Å²) >= 11 is 0. The fourth-order valence-electron chi connectivity index (χ4n) is 1.17. The molecule has 6 heteroatoms. The molecule has 74 valence electrons. The van der Waals surface area contributed by atoms with E-state index in [4.69, 9.17) is 22.9 Å². The second kappa shape index (κ2) is 3.25. The maximum absolute atomic E-state index is 11.0. The Morgan fingerprint density at radius 3 is 1.36 bits per heavy atom. The summed E-state index contributed by atoms with van der Waals surface area (Å²) in [5.74, 6) is -1.66. The van der Waals surface area contributed by atoms with Crippen LogP contribution < -0.4 is 22.9 Å². The molecule has 0 atom stereocenters. The minimum Gasteiger partial charge on any atom is -0.398 e. The van der Waals surface area contributed by atoms with E-state index >= 15 is 0 Å². The third-order valence-corrected chi connectivity index (χ3v) is 1.76. The van der Waals surface area contributed by atoms with Crippen LogP contribution in [0.2, 0.25) is 0 Å². The molecule has 0 saturated heterocycles. The Bertz CT molecular complexity index is 375. The van der Waals surface area contributed by atoms with Crippen molar-refractivity contribution in [2.24, 2.45) is 11.5 Å². The van der Waals surface area contributed by atoms with Crippen molar-refractivity contribution in [2.45, 2.75) is 0 Å². The minimum absolute atomic E-state index is 0.0838. The maximum Gasteiger partial charge on any atom is 0.251 e. The summed E-state index contributed by atoms with van der Waals surface area (Å²) in [4.78, 5) is 22.0. The summed E-state index contributed by atoms with van der Waals surface area (Å²) in [6.45, 7) is 0. The van der Waals surface area contributed by atoms with Crippen molar-refractivity contribution in [1.82, 2.24) is 0 Å². The van der Waals surface area contributed by atoms with Gasteiger partial charge >= 0.3 is 0 Å². The van der Waals surface area contributed by atoms with E-state index in [0.717, 1.165) is 0 Å². The summed E-state index contributed by atoms with van der Waals surface area (Å²) in [6, 6.07) is 2.78. The molecule has 0 radical (unpaired) electrons. The predicted molar refractivity (Wildman–Crippen MR) is 52.3 cm³/mol. The van der Waals surface area contributed by atoms with Gasteiger partial charge < -0.3 is 22.9 Å². The van der Waals surface area contributed by atoms with Gasteiger partial charge in [0.15, 0.2) is 0 Å². The van der Waals surface area contributed by atoms with E-state index in [1.54, 1.807) is 0 Å². The Morgan fingerprint density at radius 2 is 1.14 bits per heavy atom. The third-order valence-electron chi connectivity index (χ3n) is 1.76. The largest absolute Gasteiger partial charge is 0.398 e. The summed E-state index contributed by atoms with van der Waals surface area (Å²) in [6.07, 6.45) is 0. The van der Waals surface area contributed by atoms with Crippen LogP contribution in [0.4, 0.5) is 11.4 Å². The van der Waals surface area contributed by atoms with Gasteiger partial charge in [-0.3, -0.25) is 9.59 Å². The standard InChI is InChI=1S/C8H10N4O2/c9-3-1-2-4(10)6(8(12)14)5(3)7(11)13/h1-2H,9-10H2,(H2,11,13)(H2,12,14). The molecule has 0 aliphatic rings. The highest BCUT2D eigenvalue weighted by Crippen LogP contribution is 2.22. The zero-order valence-electron chi connectivity index (χ0n) is 7.28. The highest BCUT2D eigenvalue weighted by Gasteiger charge is 2.18. The van der Waals surface area contributed by atoms with Gasteiger partial charge in [0.2, 0.25) is 0 Å². The fourth-order valence-corrected chi connectivity index (χ4v) is 1.17. The Kier molecular flexibility index (Phi) is 2.29. The maximum atomic E-state index is 11.0. The molecule has 1 aromatic rings. The minimum atomic E-state index is -0.830. The first-order chi connectivity index (χ1) is 6.45. The number of carbonyl (C=O) groups is 2. The summed E-state index contributed by atoms with van der Waals surface area (Å²) in [5.41, 5.74) is 20.9. The Hall–Kier alpha value is -2.24. The molecule has 8 N–H and O–H groups in total. The van der Waals surface area contributed by atoms with E-state index in [1.807, 2.05) is 0 Å². The quantitative estimate of drug-likeness (QED) is 0.450. The summed E-state index contributed by atoms with van der Waals surface area (Å²) in [7, 11) is 0. The van der Waals surface area contributed by atoms with Gasteiger partial charge in [-0.15, -0.1) is 0 Å². The Morgan fingerprint density at radius 1 is 0.857 bits per heavy atom. The smallest absolute Gasteiger partial charge is 0.251 e. The number of anilines is 2. The number of hydrogen-bond acceptors (Lipinski definition) is 4. The van der Waals surface area contributed by atoms with Crippen LogP contribution in [0.25, 0.3) is 0 Å². The number of nitrogens with two attached hydrogens (primary N) is 4. The lowest BCUT2D eigenvalue weighted by atomic mass is 10.0. The first-order valence-corrected chi connectivity index (χ1v) is 3.72. The van der Waals surface area contributed by atoms with Gasteiger partial charge in [0, 0.05) is 11.4 Å². The fraction of sp³-hybridized carbons (Fsp3) is 0. The van der Waals surface area contributed by atoms with Gasteiger partial charge in [0.1, 0.15) is 0 Å². The second-order valence-electron chi connectivity index (χ2n) is 2.72. The lowest BCUT2D eigenvalue weighted by Crippen LogP contribution is -2.23. The molecule has 14 heavy (non-hydrogen) atoms. The lowest BCUT2D eigenvalue weighted by Gasteiger charge is -2.08. The van der Waals surface area contributed by atoms with Gasteiger partial charge in [-0.25, -0.2) is 0 Å². The number of primary amides is 2. The first kappa shape index (κ1) is 9.85. The number of nitrogen functional groups attached to an aromatic ring is 2. The van der Waals surface area contributed by atoms with E-state index in [1.165, 1.54) is 12.1 Å². The molecule has 0 heterocycles. The number of carbonyl (C=O) groups excluding carboxylic acids is 2. The van der Waals surface area contributed by atoms with Crippen LogP contribution in [0.3, 0.4) is 0 Å². The molecule has 0 bridgehead atoms. The van der Waals surface area contributed by atoms with Crippen LogP contribution in [-0.2, 0) is 0 Å². The van der Waals surface area contributed by atoms with Crippen molar-refractivity contribution in [1.29, 1.82) is 0 Å². The van der Waals surface area contributed by atoms with Gasteiger partial charge in [0.25, 0.3) is 11.8 Å². The number of rotatable bonds is 2. The highest BCUT2D eigenvalue weighted by atomic mass is 16.2. The topological polar surface area (TPSA) is 138 Å². The zero-order chi connectivity index (χ0) is 10.9. The van der Waals surface area contributed by atoms with Gasteiger partial charge in [-0.2, -0.15) is 0 Å². The predicted octanol–water partition coefficient (Wildman–Crippen LogP) is -0.951. The number of amides is 2. The summed E-state index contributed by atoms with van der Waals surface area (Å²) in [5, 5.41) is 0. The molecule has 0 fully saturated rings. The average molecular weight is 194 g/mol. The average Bonchev–Trinajstić information content (AvgIpc) is 2.07. The van der Waals surface area contributed by atoms with Crippen LogP contribution >= 0.6 is 0 Å². The van der Waals surface area contributed by atoms with E-state index in [9.17, 15) is 9.59 Å². The van der Waals surface area contributed by atoms with Crippen molar-refractivity contribution in [3.05, 3.63) is 23.3 Å². The molecule has 0 saturated carbocycles. The van der Waals surface area contributed by atoms with Crippen LogP contribution in [-0.4, -0.2) is 11.8 Å². The molecular formula is C8H10N4O2. The second-order valence-corrected chi connectivity index (χ2v) is 2.72. The molecule has 6 nitrogen and oxygen atoms in total. The first-order valence-electron chi connectivity index (χ1n) is 3.72. The normalized spacial score (nSPS) is 9.71. The molecular weight excluding hydrogens is 184 g/mol. The molecule has 0 aromatic heterocycles. The molecule has 0 unspecified atom stereocenters. The molecule has 1 rings (SSSR count). The monoisotopic (exact) mass is 194 g/mol. The lowest BCUT2D eigenvalue weighted by molar-refractivity contribution is 0.0968. The van der Waals surface area contributed by atoms with Crippen molar-refractivity contribution in [3.8, 4) is 0 Å². The summed E-state index contributed by atoms with van der Waals surface area (Å²) < 4.78 is 0.